The zero-order valence-electron chi connectivity index (χ0n) is 13.7. The number of benzene rings is 1. The molecule has 0 radical (unpaired) electrons. The van der Waals surface area contributed by atoms with Gasteiger partial charge in [-0.1, -0.05) is 11.6 Å². The smallest absolute Gasteiger partial charge is 0.261 e. The van der Waals surface area contributed by atoms with Crippen molar-refractivity contribution >= 4 is 22.5 Å². The largest absolute Gasteiger partial charge is 0.335 e. The lowest BCUT2D eigenvalue weighted by Crippen LogP contribution is -3.09. The molecule has 0 amide bonds. The first-order valence-corrected chi connectivity index (χ1v) is 8.14. The van der Waals surface area contributed by atoms with E-state index in [0.29, 0.717) is 22.5 Å². The van der Waals surface area contributed by atoms with Gasteiger partial charge in [0.25, 0.3) is 5.56 Å². The Balaban J connectivity index is 2.40. The summed E-state index contributed by atoms with van der Waals surface area (Å²) in [5.74, 6) is 0.830. The van der Waals surface area contributed by atoms with Gasteiger partial charge in [-0.2, -0.15) is 0 Å². The molecule has 0 fully saturated rings. The Hall–Kier alpha value is -1.43. The molecular formula is C16H25ClN4O+2. The molecule has 2 aromatic rings. The van der Waals surface area contributed by atoms with Gasteiger partial charge in [0.1, 0.15) is 19.1 Å². The van der Waals surface area contributed by atoms with Crippen LogP contribution in [0, 0.1) is 0 Å². The van der Waals surface area contributed by atoms with Crippen molar-refractivity contribution in [1.29, 1.82) is 0 Å². The molecule has 3 N–H and O–H groups in total. The molecule has 22 heavy (non-hydrogen) atoms. The van der Waals surface area contributed by atoms with Crippen LogP contribution in [0.3, 0.4) is 0 Å². The van der Waals surface area contributed by atoms with E-state index < -0.39 is 0 Å². The fourth-order valence-electron chi connectivity index (χ4n) is 2.59. The summed E-state index contributed by atoms with van der Waals surface area (Å²) in [4.78, 5) is 18.8. The quantitative estimate of drug-likeness (QED) is 0.776. The third-order valence-electron chi connectivity index (χ3n) is 3.83. The van der Waals surface area contributed by atoms with E-state index in [1.54, 1.807) is 16.7 Å². The maximum absolute atomic E-state index is 12.7. The number of nitrogens with zero attached hydrogens (tertiary/aromatic N) is 2. The third-order valence-corrected chi connectivity index (χ3v) is 4.07. The van der Waals surface area contributed by atoms with Crippen molar-refractivity contribution in [2.75, 3.05) is 27.2 Å². The summed E-state index contributed by atoms with van der Waals surface area (Å²) < 4.78 is 1.75. The third kappa shape index (κ3) is 3.66. The number of hydrogen-bond donors (Lipinski definition) is 2. The monoisotopic (exact) mass is 324 g/mol. The van der Waals surface area contributed by atoms with Crippen LogP contribution in [-0.2, 0) is 6.54 Å². The maximum atomic E-state index is 12.7. The topological polar surface area (TPSA) is 55.9 Å². The van der Waals surface area contributed by atoms with Gasteiger partial charge < -0.3 is 10.2 Å². The van der Waals surface area contributed by atoms with Crippen LogP contribution in [0.1, 0.15) is 25.7 Å². The first-order valence-electron chi connectivity index (χ1n) is 7.76. The van der Waals surface area contributed by atoms with Crippen LogP contribution in [0.4, 0.5) is 0 Å². The minimum atomic E-state index is -0.0107. The highest BCUT2D eigenvalue weighted by molar-refractivity contribution is 6.31. The molecule has 0 unspecified atom stereocenters. The highest BCUT2D eigenvalue weighted by Crippen LogP contribution is 2.16. The van der Waals surface area contributed by atoms with Crippen LogP contribution >= 0.6 is 11.6 Å². The van der Waals surface area contributed by atoms with Crippen molar-refractivity contribution in [2.45, 2.75) is 26.4 Å². The van der Waals surface area contributed by atoms with E-state index in [2.05, 4.69) is 26.3 Å². The van der Waals surface area contributed by atoms with Crippen molar-refractivity contribution in [3.63, 3.8) is 0 Å². The van der Waals surface area contributed by atoms with Crippen LogP contribution in [0.2, 0.25) is 5.02 Å². The molecule has 0 spiro atoms. The highest BCUT2D eigenvalue weighted by Gasteiger charge is 2.18. The molecule has 0 saturated carbocycles. The molecule has 0 aliphatic heterocycles. The minimum absolute atomic E-state index is 0.0107. The van der Waals surface area contributed by atoms with E-state index in [9.17, 15) is 4.79 Å². The minimum Gasteiger partial charge on any atom is -0.335 e. The lowest BCUT2D eigenvalue weighted by Gasteiger charge is -2.16. The molecule has 0 aliphatic rings. The zero-order chi connectivity index (χ0) is 16.3. The average molecular weight is 325 g/mol. The Morgan fingerprint density at radius 1 is 1.41 bits per heavy atom. The van der Waals surface area contributed by atoms with Gasteiger partial charge >= 0.3 is 0 Å². The average Bonchev–Trinajstić information content (AvgIpc) is 2.47. The van der Waals surface area contributed by atoms with E-state index in [0.717, 1.165) is 18.9 Å². The Morgan fingerprint density at radius 3 is 2.77 bits per heavy atom. The number of hydrogen-bond acceptors (Lipinski definition) is 2. The van der Waals surface area contributed by atoms with Crippen LogP contribution in [0.25, 0.3) is 10.9 Å². The van der Waals surface area contributed by atoms with E-state index in [-0.39, 0.29) is 11.6 Å². The van der Waals surface area contributed by atoms with Crippen molar-refractivity contribution in [1.82, 2.24) is 9.55 Å². The van der Waals surface area contributed by atoms with Gasteiger partial charge in [0.2, 0.25) is 0 Å². The van der Waals surface area contributed by atoms with Crippen LogP contribution in [-0.4, -0.2) is 36.7 Å². The molecule has 1 heterocycles. The van der Waals surface area contributed by atoms with Crippen LogP contribution < -0.4 is 15.8 Å². The number of fused-ring (bicyclic) bond motifs is 1. The highest BCUT2D eigenvalue weighted by atomic mass is 35.5. The van der Waals surface area contributed by atoms with Crippen molar-refractivity contribution in [2.24, 2.45) is 0 Å². The number of aromatic nitrogens is 2. The number of nitrogens with one attached hydrogen (secondary N) is 1. The summed E-state index contributed by atoms with van der Waals surface area (Å²) in [5, 5.41) is 3.39. The number of nitrogens with two attached hydrogens (primary N) is 1. The molecule has 1 atom stereocenters. The van der Waals surface area contributed by atoms with E-state index in [1.807, 2.05) is 13.0 Å². The Morgan fingerprint density at radius 2 is 2.14 bits per heavy atom. The van der Waals surface area contributed by atoms with Gasteiger partial charge in [-0.25, -0.2) is 4.98 Å². The standard InChI is InChI=1S/C16H23ClN4O/c1-5-21-15(11(2)18-8-9-20(3)4)19-14-7-6-12(17)10-13(14)16(21)22/h6-7,10-11,18H,5,8-9H2,1-4H3/p+2/t11-/m0/s1. The van der Waals surface area contributed by atoms with E-state index in [4.69, 9.17) is 16.6 Å². The maximum Gasteiger partial charge on any atom is 0.261 e. The summed E-state index contributed by atoms with van der Waals surface area (Å²) in [7, 11) is 4.27. The number of likely N-dealkylation sites (N-methyl/N-ethyl adjacent to an activating group) is 1. The van der Waals surface area contributed by atoms with Crippen molar-refractivity contribution in [3.05, 3.63) is 39.4 Å². The fourth-order valence-corrected chi connectivity index (χ4v) is 2.76. The van der Waals surface area contributed by atoms with E-state index >= 15 is 0 Å². The van der Waals surface area contributed by atoms with Gasteiger partial charge in [-0.05, 0) is 32.0 Å². The van der Waals surface area contributed by atoms with Gasteiger partial charge in [-0.15, -0.1) is 0 Å². The Labute approximate surface area is 135 Å². The second-order valence-corrected chi connectivity index (χ2v) is 6.39. The zero-order valence-corrected chi connectivity index (χ0v) is 14.4. The summed E-state index contributed by atoms with van der Waals surface area (Å²) in [6.45, 7) is 6.76. The van der Waals surface area contributed by atoms with Gasteiger partial charge in [0, 0.05) is 11.6 Å². The number of rotatable bonds is 6. The first-order chi connectivity index (χ1) is 10.4. The molecule has 0 saturated heterocycles. The predicted molar refractivity (Wildman–Crippen MR) is 89.6 cm³/mol. The van der Waals surface area contributed by atoms with Gasteiger partial charge in [0.05, 0.1) is 25.0 Å². The Kier molecular flexibility index (Phi) is 5.56. The molecular weight excluding hydrogens is 300 g/mol. The SMILES string of the molecule is CCn1c([C@H](C)[NH2+]CC[NH+](C)C)nc2ccc(Cl)cc2c1=O. The van der Waals surface area contributed by atoms with Gasteiger partial charge in [0.15, 0.2) is 5.82 Å². The van der Waals surface area contributed by atoms with Gasteiger partial charge in [-0.3, -0.25) is 9.36 Å². The van der Waals surface area contributed by atoms with E-state index in [1.165, 1.54) is 4.90 Å². The lowest BCUT2D eigenvalue weighted by molar-refractivity contribution is -0.877. The molecule has 0 bridgehead atoms. The van der Waals surface area contributed by atoms with Crippen LogP contribution in [0.15, 0.2) is 23.0 Å². The normalized spacial score (nSPS) is 13.0. The summed E-state index contributed by atoms with van der Waals surface area (Å²) >= 11 is 6.00. The summed E-state index contributed by atoms with van der Waals surface area (Å²) in [6, 6.07) is 5.44. The Bertz CT molecular complexity index is 711. The number of quaternary nitrogens is 2. The fraction of sp³-hybridized carbons (Fsp3) is 0.500. The number of halogens is 1. The van der Waals surface area contributed by atoms with Crippen LogP contribution in [0.5, 0.6) is 0 Å². The molecule has 5 nitrogen and oxygen atoms in total. The second kappa shape index (κ2) is 7.22. The predicted octanol–water partition coefficient (Wildman–Crippen LogP) is -0.161. The molecule has 2 rings (SSSR count). The van der Waals surface area contributed by atoms with Crippen molar-refractivity contribution in [3.8, 4) is 0 Å². The second-order valence-electron chi connectivity index (χ2n) is 5.95. The molecule has 1 aromatic heterocycles. The first kappa shape index (κ1) is 16.9. The summed E-state index contributed by atoms with van der Waals surface area (Å²) in [6.07, 6.45) is 0. The molecule has 6 heteroatoms. The molecule has 1 aromatic carbocycles. The molecule has 0 aliphatic carbocycles. The lowest BCUT2D eigenvalue weighted by atomic mass is 10.2. The molecule has 120 valence electrons. The summed E-state index contributed by atoms with van der Waals surface area (Å²) in [5.41, 5.74) is 0.705. The van der Waals surface area contributed by atoms with Crippen molar-refractivity contribution < 1.29 is 10.2 Å².